The maximum Gasteiger partial charge on any atom is 0.289 e. The second-order valence-corrected chi connectivity index (χ2v) is 7.75. The molecular formula is C17H13ClN2O4S. The summed E-state index contributed by atoms with van der Waals surface area (Å²) in [5.41, 5.74) is 0.00551. The average Bonchev–Trinajstić information content (AvgIpc) is 2.60. The van der Waals surface area contributed by atoms with Gasteiger partial charge in [-0.05, 0) is 35.0 Å². The van der Waals surface area contributed by atoms with Crippen LogP contribution in [0.5, 0.6) is 0 Å². The van der Waals surface area contributed by atoms with E-state index in [1.54, 1.807) is 12.1 Å². The molecule has 0 amide bonds. The summed E-state index contributed by atoms with van der Waals surface area (Å²) >= 11 is 5.75. The predicted octanol–water partition coefficient (Wildman–Crippen LogP) is 4.23. The van der Waals surface area contributed by atoms with Gasteiger partial charge in [0.05, 0.1) is 15.5 Å². The van der Waals surface area contributed by atoms with Crippen LogP contribution in [0.15, 0.2) is 65.6 Å². The van der Waals surface area contributed by atoms with Crippen LogP contribution in [0, 0.1) is 10.1 Å². The Morgan fingerprint density at radius 3 is 2.36 bits per heavy atom. The number of fused-ring (bicyclic) bond motifs is 1. The molecule has 0 spiro atoms. The minimum Gasteiger partial charge on any atom is -0.269 e. The summed E-state index contributed by atoms with van der Waals surface area (Å²) < 4.78 is 26.7. The van der Waals surface area contributed by atoms with Gasteiger partial charge in [-0.15, -0.1) is 0 Å². The van der Waals surface area contributed by atoms with Crippen molar-refractivity contribution in [1.29, 1.82) is 0 Å². The van der Waals surface area contributed by atoms with E-state index in [2.05, 4.69) is 0 Å². The number of rotatable bonds is 4. The zero-order valence-electron chi connectivity index (χ0n) is 13.1. The summed E-state index contributed by atoms with van der Waals surface area (Å²) in [5.74, 6) is 0. The van der Waals surface area contributed by atoms with Gasteiger partial charge in [-0.2, -0.15) is 0 Å². The number of anilines is 1. The molecule has 0 radical (unpaired) electrons. The fourth-order valence-electron chi connectivity index (χ4n) is 2.46. The van der Waals surface area contributed by atoms with Crippen LogP contribution >= 0.6 is 11.6 Å². The Hall–Kier alpha value is -2.64. The number of benzene rings is 3. The van der Waals surface area contributed by atoms with E-state index in [9.17, 15) is 18.5 Å². The molecule has 0 heterocycles. The lowest BCUT2D eigenvalue weighted by molar-refractivity contribution is -0.384. The van der Waals surface area contributed by atoms with E-state index in [1.165, 1.54) is 19.2 Å². The fraction of sp³-hybridized carbons (Fsp3) is 0.0588. The van der Waals surface area contributed by atoms with Gasteiger partial charge in [0.1, 0.15) is 5.02 Å². The number of nitro groups is 1. The lowest BCUT2D eigenvalue weighted by Crippen LogP contribution is -2.26. The summed E-state index contributed by atoms with van der Waals surface area (Å²) in [7, 11) is -2.56. The molecule has 3 aromatic carbocycles. The number of halogens is 1. The van der Waals surface area contributed by atoms with Gasteiger partial charge < -0.3 is 0 Å². The Morgan fingerprint density at radius 1 is 1.00 bits per heavy atom. The first-order chi connectivity index (χ1) is 11.8. The molecule has 0 aliphatic carbocycles. The van der Waals surface area contributed by atoms with Gasteiger partial charge in [0, 0.05) is 13.1 Å². The SMILES string of the molecule is CN(c1ccc2ccccc2c1)S(=O)(=O)c1ccc(Cl)c([N+](=O)[O-])c1. The second-order valence-electron chi connectivity index (χ2n) is 5.37. The number of nitro benzene ring substituents is 1. The molecule has 0 atom stereocenters. The summed E-state index contributed by atoms with van der Waals surface area (Å²) in [6.07, 6.45) is 0. The lowest BCUT2D eigenvalue weighted by atomic mass is 10.1. The van der Waals surface area contributed by atoms with Gasteiger partial charge in [0.15, 0.2) is 0 Å². The van der Waals surface area contributed by atoms with E-state index in [4.69, 9.17) is 11.6 Å². The molecule has 0 aromatic heterocycles. The second kappa shape index (κ2) is 6.34. The van der Waals surface area contributed by atoms with E-state index in [1.807, 2.05) is 30.3 Å². The molecule has 0 aliphatic heterocycles. The Morgan fingerprint density at radius 2 is 1.68 bits per heavy atom. The third kappa shape index (κ3) is 3.16. The molecule has 0 saturated heterocycles. The molecule has 128 valence electrons. The van der Waals surface area contributed by atoms with Crippen molar-refractivity contribution < 1.29 is 13.3 Å². The van der Waals surface area contributed by atoms with E-state index >= 15 is 0 Å². The highest BCUT2D eigenvalue weighted by Crippen LogP contribution is 2.30. The Balaban J connectivity index is 2.06. The zero-order valence-corrected chi connectivity index (χ0v) is 14.7. The summed E-state index contributed by atoms with van der Waals surface area (Å²) in [6, 6.07) is 16.3. The van der Waals surface area contributed by atoms with Crippen molar-refractivity contribution in [3.8, 4) is 0 Å². The third-order valence-corrected chi connectivity index (χ3v) is 5.97. The van der Waals surface area contributed by atoms with E-state index in [0.717, 1.165) is 21.1 Å². The molecule has 0 saturated carbocycles. The van der Waals surface area contributed by atoms with Crippen molar-refractivity contribution in [1.82, 2.24) is 0 Å². The van der Waals surface area contributed by atoms with Gasteiger partial charge in [0.25, 0.3) is 15.7 Å². The summed E-state index contributed by atoms with van der Waals surface area (Å²) in [4.78, 5) is 10.1. The smallest absolute Gasteiger partial charge is 0.269 e. The van der Waals surface area contributed by atoms with Gasteiger partial charge in [-0.3, -0.25) is 14.4 Å². The Bertz CT molecular complexity index is 1080. The molecule has 0 fully saturated rings. The van der Waals surface area contributed by atoms with Crippen LogP contribution < -0.4 is 4.31 Å². The largest absolute Gasteiger partial charge is 0.289 e. The molecule has 6 nitrogen and oxygen atoms in total. The molecule has 0 aliphatic rings. The Kier molecular flexibility index (Phi) is 4.36. The van der Waals surface area contributed by atoms with Crippen LogP contribution in [-0.4, -0.2) is 20.4 Å². The van der Waals surface area contributed by atoms with Gasteiger partial charge in [-0.25, -0.2) is 8.42 Å². The summed E-state index contributed by atoms with van der Waals surface area (Å²) in [6.45, 7) is 0. The quantitative estimate of drug-likeness (QED) is 0.504. The van der Waals surface area contributed by atoms with Crippen molar-refractivity contribution in [3.05, 3.63) is 75.8 Å². The van der Waals surface area contributed by atoms with Gasteiger partial charge >= 0.3 is 0 Å². The third-order valence-electron chi connectivity index (χ3n) is 3.87. The highest BCUT2D eigenvalue weighted by atomic mass is 35.5. The minimum atomic E-state index is -3.96. The van der Waals surface area contributed by atoms with Crippen LogP contribution in [0.3, 0.4) is 0 Å². The van der Waals surface area contributed by atoms with Crippen molar-refractivity contribution in [2.45, 2.75) is 4.90 Å². The normalized spacial score (nSPS) is 11.4. The van der Waals surface area contributed by atoms with Gasteiger partial charge in [0.2, 0.25) is 0 Å². The van der Waals surface area contributed by atoms with Crippen LogP contribution in [0.2, 0.25) is 5.02 Å². The zero-order chi connectivity index (χ0) is 18.2. The first-order valence-corrected chi connectivity index (χ1v) is 9.04. The van der Waals surface area contributed by atoms with Crippen LogP contribution in [-0.2, 0) is 10.0 Å². The van der Waals surface area contributed by atoms with Gasteiger partial charge in [-0.1, -0.05) is 41.9 Å². The monoisotopic (exact) mass is 376 g/mol. The van der Waals surface area contributed by atoms with Crippen molar-refractivity contribution in [2.24, 2.45) is 0 Å². The van der Waals surface area contributed by atoms with E-state index in [0.29, 0.717) is 5.69 Å². The average molecular weight is 377 g/mol. The molecule has 8 heteroatoms. The molecular weight excluding hydrogens is 364 g/mol. The van der Waals surface area contributed by atoms with Crippen LogP contribution in [0.25, 0.3) is 10.8 Å². The standard InChI is InChI=1S/C17H13ClN2O4S/c1-19(14-7-6-12-4-2-3-5-13(12)10-14)25(23,24)15-8-9-16(18)17(11-15)20(21)22/h2-11H,1H3. The molecule has 0 unspecified atom stereocenters. The molecule has 3 aromatic rings. The topological polar surface area (TPSA) is 80.5 Å². The minimum absolute atomic E-state index is 0.114. The number of hydrogen-bond acceptors (Lipinski definition) is 4. The maximum absolute atomic E-state index is 12.8. The molecule has 0 N–H and O–H groups in total. The van der Waals surface area contributed by atoms with Crippen molar-refractivity contribution in [3.63, 3.8) is 0 Å². The lowest BCUT2D eigenvalue weighted by Gasteiger charge is -2.20. The fourth-order valence-corrected chi connectivity index (χ4v) is 3.86. The molecule has 25 heavy (non-hydrogen) atoms. The summed E-state index contributed by atoms with van der Waals surface area (Å²) in [5, 5.41) is 12.8. The van der Waals surface area contributed by atoms with E-state index in [-0.39, 0.29) is 9.92 Å². The number of hydrogen-bond donors (Lipinski definition) is 0. The van der Waals surface area contributed by atoms with Crippen molar-refractivity contribution >= 4 is 43.8 Å². The number of nitrogens with zero attached hydrogens (tertiary/aromatic N) is 2. The first-order valence-electron chi connectivity index (χ1n) is 7.22. The molecule has 3 rings (SSSR count). The van der Waals surface area contributed by atoms with Crippen molar-refractivity contribution in [2.75, 3.05) is 11.4 Å². The van der Waals surface area contributed by atoms with Crippen LogP contribution in [0.4, 0.5) is 11.4 Å². The highest BCUT2D eigenvalue weighted by Gasteiger charge is 2.25. The van der Waals surface area contributed by atoms with E-state index < -0.39 is 20.6 Å². The highest BCUT2D eigenvalue weighted by molar-refractivity contribution is 7.92. The predicted molar refractivity (Wildman–Crippen MR) is 97.6 cm³/mol. The number of sulfonamides is 1. The van der Waals surface area contributed by atoms with Crippen LogP contribution in [0.1, 0.15) is 0 Å². The molecule has 0 bridgehead atoms. The maximum atomic E-state index is 12.8. The first kappa shape index (κ1) is 17.2. The Labute approximate surface area is 149 Å².